The number of halogens is 2. The first-order valence-corrected chi connectivity index (χ1v) is 8.04. The van der Waals surface area contributed by atoms with Crippen LogP contribution in [0.5, 0.6) is 11.5 Å². The summed E-state index contributed by atoms with van der Waals surface area (Å²) >= 11 is 11.7. The van der Waals surface area contributed by atoms with Crippen LogP contribution in [0.1, 0.15) is 5.56 Å². The van der Waals surface area contributed by atoms with Crippen LogP contribution >= 0.6 is 23.2 Å². The minimum atomic E-state index is -4.08. The SMILES string of the molecule is COc1cc(C)ccc1S(=O)(=O)Oc1cc(Cl)ccc1Cl. The van der Waals surface area contributed by atoms with E-state index in [0.717, 1.165) is 5.56 Å². The van der Waals surface area contributed by atoms with Crippen LogP contribution < -0.4 is 8.92 Å². The Morgan fingerprint density at radius 3 is 2.38 bits per heavy atom. The van der Waals surface area contributed by atoms with E-state index in [1.165, 1.54) is 31.4 Å². The summed E-state index contributed by atoms with van der Waals surface area (Å²) < 4.78 is 34.8. The average Bonchev–Trinajstić information content (AvgIpc) is 2.42. The lowest BCUT2D eigenvalue weighted by atomic mass is 10.2. The van der Waals surface area contributed by atoms with E-state index in [-0.39, 0.29) is 21.4 Å². The molecule has 0 heterocycles. The second-order valence-corrected chi connectivity index (χ2v) is 6.62. The molecule has 0 radical (unpaired) electrons. The van der Waals surface area contributed by atoms with Gasteiger partial charge in [-0.05, 0) is 36.8 Å². The third-order valence-electron chi connectivity index (χ3n) is 2.68. The van der Waals surface area contributed by atoms with Gasteiger partial charge in [-0.15, -0.1) is 0 Å². The van der Waals surface area contributed by atoms with E-state index in [1.54, 1.807) is 12.1 Å². The third-order valence-corrected chi connectivity index (χ3v) is 4.50. The maximum Gasteiger partial charge on any atom is 0.342 e. The molecule has 0 aromatic heterocycles. The topological polar surface area (TPSA) is 52.6 Å². The molecular formula is C14H12Cl2O4S. The second kappa shape index (κ2) is 6.13. The molecule has 0 aliphatic carbocycles. The molecule has 4 nitrogen and oxygen atoms in total. The smallest absolute Gasteiger partial charge is 0.342 e. The highest BCUT2D eigenvalue weighted by molar-refractivity contribution is 7.87. The van der Waals surface area contributed by atoms with Gasteiger partial charge in [0, 0.05) is 11.1 Å². The summed E-state index contributed by atoms with van der Waals surface area (Å²) in [6, 6.07) is 9.01. The van der Waals surface area contributed by atoms with E-state index in [2.05, 4.69) is 0 Å². The fraction of sp³-hybridized carbons (Fsp3) is 0.143. The molecule has 21 heavy (non-hydrogen) atoms. The van der Waals surface area contributed by atoms with E-state index < -0.39 is 10.1 Å². The Kier molecular flexibility index (Phi) is 4.66. The van der Waals surface area contributed by atoms with Crippen molar-refractivity contribution in [3.63, 3.8) is 0 Å². The number of hydrogen-bond acceptors (Lipinski definition) is 4. The molecule has 0 aliphatic heterocycles. The maximum absolute atomic E-state index is 12.4. The van der Waals surface area contributed by atoms with Crippen LogP contribution in [0.3, 0.4) is 0 Å². The molecule has 7 heteroatoms. The van der Waals surface area contributed by atoms with Crippen molar-refractivity contribution in [1.82, 2.24) is 0 Å². The number of benzene rings is 2. The summed E-state index contributed by atoms with van der Waals surface area (Å²) in [4.78, 5) is -0.0772. The largest absolute Gasteiger partial charge is 0.495 e. The van der Waals surface area contributed by atoms with E-state index >= 15 is 0 Å². The van der Waals surface area contributed by atoms with Crippen molar-refractivity contribution in [2.75, 3.05) is 7.11 Å². The highest BCUT2D eigenvalue weighted by Gasteiger charge is 2.23. The van der Waals surface area contributed by atoms with Crippen LogP contribution in [-0.4, -0.2) is 15.5 Å². The molecule has 0 unspecified atom stereocenters. The first-order valence-electron chi connectivity index (χ1n) is 5.87. The number of rotatable bonds is 4. The third kappa shape index (κ3) is 3.61. The lowest BCUT2D eigenvalue weighted by Gasteiger charge is -2.12. The molecule has 0 fully saturated rings. The molecule has 0 bridgehead atoms. The Hall–Kier alpha value is -1.43. The summed E-state index contributed by atoms with van der Waals surface area (Å²) in [6.07, 6.45) is 0. The molecule has 0 saturated carbocycles. The molecule has 112 valence electrons. The monoisotopic (exact) mass is 346 g/mol. The summed E-state index contributed by atoms with van der Waals surface area (Å²) in [7, 11) is -2.69. The fourth-order valence-electron chi connectivity index (χ4n) is 1.69. The molecule has 2 rings (SSSR count). The average molecular weight is 347 g/mol. The van der Waals surface area contributed by atoms with Gasteiger partial charge in [0.1, 0.15) is 10.6 Å². The van der Waals surface area contributed by atoms with Gasteiger partial charge in [-0.3, -0.25) is 0 Å². The first-order chi connectivity index (χ1) is 9.83. The van der Waals surface area contributed by atoms with Crippen molar-refractivity contribution < 1.29 is 17.3 Å². The zero-order valence-electron chi connectivity index (χ0n) is 11.3. The quantitative estimate of drug-likeness (QED) is 0.782. The van der Waals surface area contributed by atoms with Crippen molar-refractivity contribution >= 4 is 33.3 Å². The second-order valence-electron chi connectivity index (χ2n) is 4.27. The zero-order valence-corrected chi connectivity index (χ0v) is 13.6. The molecule has 0 aliphatic rings. The Bertz CT molecular complexity index is 773. The predicted molar refractivity (Wildman–Crippen MR) is 82.0 cm³/mol. The standard InChI is InChI=1S/C14H12Cl2O4S/c1-9-3-6-14(13(7-9)19-2)21(17,18)20-12-8-10(15)4-5-11(12)16/h3-8H,1-2H3. The van der Waals surface area contributed by atoms with Crippen molar-refractivity contribution in [2.45, 2.75) is 11.8 Å². The van der Waals surface area contributed by atoms with Gasteiger partial charge < -0.3 is 8.92 Å². The first kappa shape index (κ1) is 15.9. The minimum Gasteiger partial charge on any atom is -0.495 e. The van der Waals surface area contributed by atoms with Crippen LogP contribution in [0.25, 0.3) is 0 Å². The van der Waals surface area contributed by atoms with Gasteiger partial charge in [0.05, 0.1) is 12.1 Å². The van der Waals surface area contributed by atoms with E-state index in [9.17, 15) is 8.42 Å². The summed E-state index contributed by atoms with van der Waals surface area (Å²) in [5, 5.41) is 0.467. The Morgan fingerprint density at radius 1 is 1.00 bits per heavy atom. The molecule has 0 spiro atoms. The highest BCUT2D eigenvalue weighted by atomic mass is 35.5. The molecule has 0 saturated heterocycles. The van der Waals surface area contributed by atoms with Gasteiger partial charge in [0.2, 0.25) is 0 Å². The van der Waals surface area contributed by atoms with Crippen molar-refractivity contribution in [2.24, 2.45) is 0 Å². The molecule has 0 N–H and O–H groups in total. The van der Waals surface area contributed by atoms with Crippen molar-refractivity contribution in [3.8, 4) is 11.5 Å². The Balaban J connectivity index is 2.46. The number of hydrogen-bond donors (Lipinski definition) is 0. The number of methoxy groups -OCH3 is 1. The van der Waals surface area contributed by atoms with Crippen LogP contribution in [-0.2, 0) is 10.1 Å². The van der Waals surface area contributed by atoms with Crippen LogP contribution in [0.15, 0.2) is 41.3 Å². The van der Waals surface area contributed by atoms with Gasteiger partial charge in [-0.25, -0.2) is 0 Å². The number of aryl methyl sites for hydroxylation is 1. The van der Waals surface area contributed by atoms with Gasteiger partial charge in [0.15, 0.2) is 5.75 Å². The maximum atomic E-state index is 12.4. The predicted octanol–water partition coefficient (Wildman–Crippen LogP) is 4.08. The van der Waals surface area contributed by atoms with Crippen molar-refractivity contribution in [1.29, 1.82) is 0 Å². The van der Waals surface area contributed by atoms with Gasteiger partial charge in [-0.2, -0.15) is 8.42 Å². The zero-order chi connectivity index (χ0) is 15.6. The molecule has 0 amide bonds. The Labute approximate surface area is 133 Å². The molecule has 2 aromatic rings. The summed E-state index contributed by atoms with van der Waals surface area (Å²) in [6.45, 7) is 1.83. The normalized spacial score (nSPS) is 11.2. The van der Waals surface area contributed by atoms with Gasteiger partial charge in [-0.1, -0.05) is 29.3 Å². The number of ether oxygens (including phenoxy) is 1. The van der Waals surface area contributed by atoms with Crippen LogP contribution in [0.2, 0.25) is 10.0 Å². The molecular weight excluding hydrogens is 335 g/mol. The van der Waals surface area contributed by atoms with Crippen LogP contribution in [0, 0.1) is 6.92 Å². The molecule has 2 aromatic carbocycles. The summed E-state index contributed by atoms with van der Waals surface area (Å²) in [5.41, 5.74) is 0.867. The minimum absolute atomic E-state index is 0.0354. The molecule has 0 atom stereocenters. The van der Waals surface area contributed by atoms with Gasteiger partial charge in [0.25, 0.3) is 0 Å². The lowest BCUT2D eigenvalue weighted by Crippen LogP contribution is -2.11. The van der Waals surface area contributed by atoms with E-state index in [0.29, 0.717) is 5.02 Å². The highest BCUT2D eigenvalue weighted by Crippen LogP contribution is 2.32. The fourth-order valence-corrected chi connectivity index (χ4v) is 3.14. The van der Waals surface area contributed by atoms with E-state index in [1.807, 2.05) is 6.92 Å². The lowest BCUT2D eigenvalue weighted by molar-refractivity contribution is 0.398. The van der Waals surface area contributed by atoms with Gasteiger partial charge >= 0.3 is 10.1 Å². The Morgan fingerprint density at radius 2 is 1.71 bits per heavy atom. The van der Waals surface area contributed by atoms with E-state index in [4.69, 9.17) is 32.1 Å². The van der Waals surface area contributed by atoms with Crippen molar-refractivity contribution in [3.05, 3.63) is 52.0 Å². The summed E-state index contributed by atoms with van der Waals surface area (Å²) in [5.74, 6) is 0.167. The van der Waals surface area contributed by atoms with Crippen LogP contribution in [0.4, 0.5) is 0 Å².